The summed E-state index contributed by atoms with van der Waals surface area (Å²) in [5, 5.41) is 4.51. The fourth-order valence-electron chi connectivity index (χ4n) is 6.24. The van der Waals surface area contributed by atoms with E-state index in [0.29, 0.717) is 11.1 Å². The lowest BCUT2D eigenvalue weighted by molar-refractivity contribution is 0.303. The van der Waals surface area contributed by atoms with Crippen LogP contribution in [0, 0.1) is 7.14 Å². The highest BCUT2D eigenvalue weighted by Gasteiger charge is 2.33. The summed E-state index contributed by atoms with van der Waals surface area (Å²) in [5.74, 6) is 0.863. The third-order valence-electron chi connectivity index (χ3n) is 8.26. The number of rotatable bonds is 5. The standard InChI is InChI=1S/C36H24I2N2O2S2/c37-28-17-21(18-29(38)34(28)42-20-24-10-5-9-22-7-1-3-11-25(22)24)19-31-35(41)40-33(30-13-6-16-43-30)27-15-14-23-8-2-4-12-26(23)32(27)39-36(40)44-31/h1-13,16-19,33H,14-15,20H2/b31-19-/t33-/m1/s1. The lowest BCUT2D eigenvalue weighted by Crippen LogP contribution is -2.38. The molecule has 0 amide bonds. The smallest absolute Gasteiger partial charge is 0.271 e. The molecule has 0 saturated heterocycles. The fraction of sp³-hybridized carbons (Fsp3) is 0.111. The Morgan fingerprint density at radius 2 is 1.73 bits per heavy atom. The summed E-state index contributed by atoms with van der Waals surface area (Å²) in [6.07, 6.45) is 3.87. The lowest BCUT2D eigenvalue weighted by Gasteiger charge is -2.30. The van der Waals surface area contributed by atoms with Crippen molar-refractivity contribution in [3.63, 3.8) is 0 Å². The second-order valence-corrected chi connectivity index (χ2v) is 15.2. The number of aryl methyl sites for hydroxylation is 1. The van der Waals surface area contributed by atoms with Crippen LogP contribution in [0.1, 0.15) is 39.6 Å². The van der Waals surface area contributed by atoms with Crippen LogP contribution in [-0.2, 0) is 13.0 Å². The summed E-state index contributed by atoms with van der Waals surface area (Å²) in [5.41, 5.74) is 6.94. The molecule has 2 aliphatic rings. The number of thiophene rings is 1. The number of fused-ring (bicyclic) bond motifs is 4. The molecule has 44 heavy (non-hydrogen) atoms. The van der Waals surface area contributed by atoms with Gasteiger partial charge in [0, 0.05) is 10.4 Å². The van der Waals surface area contributed by atoms with Crippen molar-refractivity contribution in [1.29, 1.82) is 0 Å². The van der Waals surface area contributed by atoms with Crippen LogP contribution in [0.2, 0.25) is 0 Å². The van der Waals surface area contributed by atoms with Crippen molar-refractivity contribution in [1.82, 2.24) is 4.57 Å². The predicted molar refractivity (Wildman–Crippen MR) is 197 cm³/mol. The number of halogens is 2. The highest BCUT2D eigenvalue weighted by atomic mass is 127. The van der Waals surface area contributed by atoms with Crippen LogP contribution in [0.4, 0.5) is 0 Å². The third-order valence-corrected chi connectivity index (χ3v) is 11.8. The first-order valence-corrected chi connectivity index (χ1v) is 18.2. The van der Waals surface area contributed by atoms with E-state index in [1.807, 2.05) is 10.6 Å². The van der Waals surface area contributed by atoms with Gasteiger partial charge in [0.1, 0.15) is 12.4 Å². The molecular weight excluding hydrogens is 810 g/mol. The summed E-state index contributed by atoms with van der Waals surface area (Å²) in [6.45, 7) is 0.488. The largest absolute Gasteiger partial charge is 0.487 e. The molecule has 4 aromatic carbocycles. The van der Waals surface area contributed by atoms with Crippen molar-refractivity contribution in [3.8, 4) is 5.75 Å². The van der Waals surface area contributed by atoms with E-state index in [9.17, 15) is 4.79 Å². The minimum absolute atomic E-state index is 0.0128. The molecule has 0 fully saturated rings. The average molecular weight is 835 g/mol. The fourth-order valence-corrected chi connectivity index (χ4v) is 10.2. The molecule has 0 radical (unpaired) electrons. The molecular formula is C36H24I2N2O2S2. The van der Waals surface area contributed by atoms with Crippen LogP contribution in [0.25, 0.3) is 22.5 Å². The van der Waals surface area contributed by atoms with Crippen molar-refractivity contribution in [2.24, 2.45) is 4.99 Å². The number of benzene rings is 4. The van der Waals surface area contributed by atoms with E-state index < -0.39 is 0 Å². The number of allylic oxidation sites excluding steroid dienone is 1. The van der Waals surface area contributed by atoms with Crippen LogP contribution in [0.3, 0.4) is 0 Å². The normalized spacial score (nSPS) is 16.0. The van der Waals surface area contributed by atoms with Crippen molar-refractivity contribution < 1.29 is 4.74 Å². The predicted octanol–water partition coefficient (Wildman–Crippen LogP) is 8.32. The zero-order valence-corrected chi connectivity index (χ0v) is 29.2. The highest BCUT2D eigenvalue weighted by Crippen LogP contribution is 2.42. The van der Waals surface area contributed by atoms with Crippen molar-refractivity contribution >= 4 is 90.4 Å². The highest BCUT2D eigenvalue weighted by molar-refractivity contribution is 14.1. The Balaban J connectivity index is 1.18. The second kappa shape index (κ2) is 11.7. The van der Waals surface area contributed by atoms with E-state index in [1.54, 1.807) is 11.3 Å². The van der Waals surface area contributed by atoms with Gasteiger partial charge in [-0.15, -0.1) is 11.3 Å². The Hall–Kier alpha value is -3.06. The Morgan fingerprint density at radius 3 is 2.57 bits per heavy atom. The second-order valence-electron chi connectivity index (χ2n) is 10.9. The van der Waals surface area contributed by atoms with Gasteiger partial charge in [-0.25, -0.2) is 4.99 Å². The molecule has 0 bridgehead atoms. The quantitative estimate of drug-likeness (QED) is 0.164. The van der Waals surface area contributed by atoms with Gasteiger partial charge < -0.3 is 4.74 Å². The Kier molecular flexibility index (Phi) is 7.56. The molecule has 8 heteroatoms. The Bertz CT molecular complexity index is 2270. The topological polar surface area (TPSA) is 43.6 Å². The number of nitrogens with zero attached hydrogens (tertiary/aromatic N) is 2. The van der Waals surface area contributed by atoms with E-state index in [0.717, 1.165) is 47.4 Å². The lowest BCUT2D eigenvalue weighted by atomic mass is 9.85. The van der Waals surface area contributed by atoms with E-state index in [1.165, 1.54) is 43.7 Å². The van der Waals surface area contributed by atoms with Gasteiger partial charge in [-0.1, -0.05) is 84.1 Å². The number of hydrogen-bond donors (Lipinski definition) is 0. The van der Waals surface area contributed by atoms with Crippen molar-refractivity contribution in [2.45, 2.75) is 25.5 Å². The molecule has 0 saturated carbocycles. The van der Waals surface area contributed by atoms with E-state index in [-0.39, 0.29) is 11.6 Å². The summed E-state index contributed by atoms with van der Waals surface area (Å²) in [7, 11) is 0. The van der Waals surface area contributed by atoms with E-state index in [2.05, 4.69) is 142 Å². The molecule has 4 nitrogen and oxygen atoms in total. The van der Waals surface area contributed by atoms with Gasteiger partial charge >= 0.3 is 0 Å². The third kappa shape index (κ3) is 4.99. The van der Waals surface area contributed by atoms with Crippen molar-refractivity contribution in [3.05, 3.63) is 156 Å². The van der Waals surface area contributed by atoms with Gasteiger partial charge in [0.2, 0.25) is 0 Å². The maximum atomic E-state index is 14.1. The van der Waals surface area contributed by atoms with Crippen LogP contribution in [0.15, 0.2) is 112 Å². The molecule has 6 aromatic rings. The first kappa shape index (κ1) is 28.4. The molecule has 0 spiro atoms. The van der Waals surface area contributed by atoms with Crippen molar-refractivity contribution in [2.75, 3.05) is 0 Å². The monoisotopic (exact) mass is 834 g/mol. The molecule has 1 aliphatic heterocycles. The van der Waals surface area contributed by atoms with E-state index in [4.69, 9.17) is 9.73 Å². The molecule has 8 rings (SSSR count). The molecule has 1 aliphatic carbocycles. The van der Waals surface area contributed by atoms with Gasteiger partial charge in [-0.05, 0) is 121 Å². The minimum atomic E-state index is -0.123. The first-order valence-electron chi connectivity index (χ1n) is 14.3. The van der Waals surface area contributed by atoms with Crippen LogP contribution in [0.5, 0.6) is 5.75 Å². The van der Waals surface area contributed by atoms with Gasteiger partial charge in [0.05, 0.1) is 23.4 Å². The summed E-state index contributed by atoms with van der Waals surface area (Å²) in [4.78, 5) is 21.2. The maximum Gasteiger partial charge on any atom is 0.271 e. The molecule has 0 N–H and O–H groups in total. The van der Waals surface area contributed by atoms with Gasteiger partial charge in [-0.3, -0.25) is 9.36 Å². The average Bonchev–Trinajstić information content (AvgIpc) is 3.68. The van der Waals surface area contributed by atoms with Gasteiger partial charge in [-0.2, -0.15) is 0 Å². The van der Waals surface area contributed by atoms with Crippen LogP contribution >= 0.6 is 67.9 Å². The summed E-state index contributed by atoms with van der Waals surface area (Å²) in [6, 6.07) is 31.5. The van der Waals surface area contributed by atoms with Crippen LogP contribution < -0.4 is 19.6 Å². The molecule has 2 aromatic heterocycles. The summed E-state index contributed by atoms with van der Waals surface area (Å²) >= 11 is 7.86. The minimum Gasteiger partial charge on any atom is -0.487 e. The Morgan fingerprint density at radius 1 is 0.932 bits per heavy atom. The van der Waals surface area contributed by atoms with Gasteiger partial charge in [0.15, 0.2) is 4.80 Å². The molecule has 0 unspecified atom stereocenters. The molecule has 216 valence electrons. The number of ether oxygens (including phenoxy) is 1. The Labute approximate surface area is 289 Å². The first-order chi connectivity index (χ1) is 21.5. The van der Waals surface area contributed by atoms with Gasteiger partial charge in [0.25, 0.3) is 5.56 Å². The zero-order valence-electron chi connectivity index (χ0n) is 23.3. The van der Waals surface area contributed by atoms with Crippen LogP contribution in [-0.4, -0.2) is 4.57 Å². The SMILES string of the molecule is O=c1/c(=C/c2cc(I)c(OCc3cccc4ccccc34)c(I)c2)sc2n1[C@@H](c1cccs1)C1=C(N=2)c2ccccc2CC1. The molecule has 3 heterocycles. The number of aromatic nitrogens is 1. The molecule has 1 atom stereocenters. The maximum absolute atomic E-state index is 14.1. The number of hydrogen-bond acceptors (Lipinski definition) is 5. The number of thiazole rings is 1. The van der Waals surface area contributed by atoms with E-state index >= 15 is 0 Å². The summed E-state index contributed by atoms with van der Waals surface area (Å²) < 4.78 is 11.0. The zero-order chi connectivity index (χ0) is 29.8.